The zero-order chi connectivity index (χ0) is 27.0. The van der Waals surface area contributed by atoms with E-state index in [2.05, 4.69) is 22.0 Å². The van der Waals surface area contributed by atoms with Crippen molar-refractivity contribution in [2.45, 2.75) is 25.1 Å². The van der Waals surface area contributed by atoms with Crippen molar-refractivity contribution in [3.8, 4) is 11.5 Å². The molecule has 4 aromatic carbocycles. The predicted octanol–water partition coefficient (Wildman–Crippen LogP) is 6.82. The molecule has 0 radical (unpaired) electrons. The summed E-state index contributed by atoms with van der Waals surface area (Å²) in [5.41, 5.74) is 3.82. The van der Waals surface area contributed by atoms with Crippen molar-refractivity contribution < 1.29 is 14.9 Å². The topological polar surface area (TPSA) is 65.8 Å². The molecule has 6 heteroatoms. The fourth-order valence-electron chi connectivity index (χ4n) is 4.76. The van der Waals surface area contributed by atoms with Gasteiger partial charge < -0.3 is 14.9 Å². The molecule has 0 saturated carbocycles. The number of aliphatic hydroxyl groups is 2. The molecule has 0 fully saturated rings. The summed E-state index contributed by atoms with van der Waals surface area (Å²) in [6.45, 7) is 0.910. The van der Waals surface area contributed by atoms with Crippen molar-refractivity contribution >= 4 is 22.5 Å². The van der Waals surface area contributed by atoms with Gasteiger partial charge in [-0.2, -0.15) is 0 Å². The summed E-state index contributed by atoms with van der Waals surface area (Å²) in [5, 5.41) is 23.0. The van der Waals surface area contributed by atoms with Crippen molar-refractivity contribution in [3.63, 3.8) is 0 Å². The average molecular weight is 539 g/mol. The van der Waals surface area contributed by atoms with Crippen molar-refractivity contribution in [2.24, 2.45) is 0 Å². The van der Waals surface area contributed by atoms with Crippen LogP contribution in [0.3, 0.4) is 0 Å². The Kier molecular flexibility index (Phi) is 8.86. The van der Waals surface area contributed by atoms with E-state index < -0.39 is 6.10 Å². The SMILES string of the molecule is OC[C@H](Cc1ccc(Oc2ccnc3ccccc23)cc1)N(Cc1ccccc1)C[C@H](O)c1cccc(Cl)c1. The molecule has 5 aromatic rings. The van der Waals surface area contributed by atoms with Crippen molar-refractivity contribution in [2.75, 3.05) is 13.2 Å². The Morgan fingerprint density at radius 1 is 0.821 bits per heavy atom. The predicted molar refractivity (Wildman–Crippen MR) is 156 cm³/mol. The second-order valence-corrected chi connectivity index (χ2v) is 10.0. The van der Waals surface area contributed by atoms with Crippen LogP contribution in [0, 0.1) is 0 Å². The molecule has 1 aromatic heterocycles. The second kappa shape index (κ2) is 12.9. The van der Waals surface area contributed by atoms with Gasteiger partial charge in [0.25, 0.3) is 0 Å². The molecule has 0 unspecified atom stereocenters. The largest absolute Gasteiger partial charge is 0.457 e. The summed E-state index contributed by atoms with van der Waals surface area (Å²) in [6, 6.07) is 34.9. The third-order valence-corrected chi connectivity index (χ3v) is 7.06. The number of halogens is 1. The van der Waals surface area contributed by atoms with Crippen LogP contribution in [0.4, 0.5) is 0 Å². The highest BCUT2D eigenvalue weighted by Crippen LogP contribution is 2.29. The summed E-state index contributed by atoms with van der Waals surface area (Å²) < 4.78 is 6.17. The maximum atomic E-state index is 11.1. The molecular weight excluding hydrogens is 508 g/mol. The second-order valence-electron chi connectivity index (χ2n) is 9.60. The number of nitrogens with zero attached hydrogens (tertiary/aromatic N) is 2. The van der Waals surface area contributed by atoms with Crippen LogP contribution in [0.5, 0.6) is 11.5 Å². The molecule has 2 N–H and O–H groups in total. The minimum atomic E-state index is -0.743. The first-order valence-corrected chi connectivity index (χ1v) is 13.4. The van der Waals surface area contributed by atoms with Gasteiger partial charge >= 0.3 is 0 Å². The van der Waals surface area contributed by atoms with E-state index in [9.17, 15) is 10.2 Å². The fraction of sp³-hybridized carbons (Fsp3) is 0.182. The Morgan fingerprint density at radius 2 is 1.59 bits per heavy atom. The van der Waals surface area contributed by atoms with Gasteiger partial charge in [-0.3, -0.25) is 9.88 Å². The maximum absolute atomic E-state index is 11.1. The molecular formula is C33H31ClN2O3. The van der Waals surface area contributed by atoms with E-state index in [4.69, 9.17) is 16.3 Å². The highest BCUT2D eigenvalue weighted by Gasteiger charge is 2.23. The number of benzene rings is 4. The lowest BCUT2D eigenvalue weighted by Gasteiger charge is -2.32. The lowest BCUT2D eigenvalue weighted by atomic mass is 10.0. The Balaban J connectivity index is 1.32. The van der Waals surface area contributed by atoms with Gasteiger partial charge in [-0.25, -0.2) is 0 Å². The quantitative estimate of drug-likeness (QED) is 0.193. The van der Waals surface area contributed by atoms with Crippen LogP contribution in [0.1, 0.15) is 22.8 Å². The molecule has 0 aliphatic carbocycles. The number of aliphatic hydroxyl groups excluding tert-OH is 2. The van der Waals surface area contributed by atoms with Crippen molar-refractivity contribution in [3.05, 3.63) is 137 Å². The van der Waals surface area contributed by atoms with E-state index in [-0.39, 0.29) is 12.6 Å². The maximum Gasteiger partial charge on any atom is 0.138 e. The molecule has 0 aliphatic rings. The molecule has 0 amide bonds. The van der Waals surface area contributed by atoms with Gasteiger partial charge in [0.1, 0.15) is 11.5 Å². The lowest BCUT2D eigenvalue weighted by molar-refractivity contribution is 0.0566. The fourth-order valence-corrected chi connectivity index (χ4v) is 4.96. The van der Waals surface area contributed by atoms with Crippen molar-refractivity contribution in [1.82, 2.24) is 9.88 Å². The Hall–Kier alpha value is -3.74. The summed E-state index contributed by atoms with van der Waals surface area (Å²) in [6.07, 6.45) is 1.62. The minimum Gasteiger partial charge on any atom is -0.457 e. The zero-order valence-electron chi connectivity index (χ0n) is 21.5. The van der Waals surface area contributed by atoms with E-state index in [1.807, 2.05) is 84.9 Å². The first-order chi connectivity index (χ1) is 19.1. The molecule has 39 heavy (non-hydrogen) atoms. The van der Waals surface area contributed by atoms with Crippen LogP contribution in [0.15, 0.2) is 115 Å². The highest BCUT2D eigenvalue weighted by atomic mass is 35.5. The third-order valence-electron chi connectivity index (χ3n) is 6.83. The molecule has 0 saturated heterocycles. The number of aromatic nitrogens is 1. The lowest BCUT2D eigenvalue weighted by Crippen LogP contribution is -2.41. The number of hydrogen-bond donors (Lipinski definition) is 2. The van der Waals surface area contributed by atoms with Crippen LogP contribution in [-0.4, -0.2) is 39.3 Å². The Morgan fingerprint density at radius 3 is 2.36 bits per heavy atom. The average Bonchev–Trinajstić information content (AvgIpc) is 2.97. The monoisotopic (exact) mass is 538 g/mol. The number of ether oxygens (including phenoxy) is 1. The summed E-state index contributed by atoms with van der Waals surface area (Å²) in [5.74, 6) is 1.48. The first kappa shape index (κ1) is 26.9. The summed E-state index contributed by atoms with van der Waals surface area (Å²) in [7, 11) is 0. The Bertz CT molecular complexity index is 1490. The minimum absolute atomic E-state index is 0.0453. The van der Waals surface area contributed by atoms with Gasteiger partial charge in [-0.1, -0.05) is 78.3 Å². The van der Waals surface area contributed by atoms with Crippen LogP contribution in [-0.2, 0) is 13.0 Å². The van der Waals surface area contributed by atoms with E-state index in [1.165, 1.54) is 0 Å². The molecule has 5 nitrogen and oxygen atoms in total. The van der Waals surface area contributed by atoms with Gasteiger partial charge in [-0.05, 0) is 65.6 Å². The smallest absolute Gasteiger partial charge is 0.138 e. The summed E-state index contributed by atoms with van der Waals surface area (Å²) in [4.78, 5) is 6.53. The van der Waals surface area contributed by atoms with E-state index in [0.29, 0.717) is 24.5 Å². The van der Waals surface area contributed by atoms with Crippen molar-refractivity contribution in [1.29, 1.82) is 0 Å². The molecule has 0 aliphatic heterocycles. The van der Waals surface area contributed by atoms with Crippen LogP contribution in [0.25, 0.3) is 10.9 Å². The first-order valence-electron chi connectivity index (χ1n) is 13.0. The molecule has 1 heterocycles. The molecule has 0 spiro atoms. The number of rotatable bonds is 11. The standard InChI is InChI=1S/C33H31ClN2O3/c34-27-10-6-9-26(20-27)32(38)22-36(21-25-7-2-1-3-8-25)28(23-37)19-24-13-15-29(16-14-24)39-33-17-18-35-31-12-5-4-11-30(31)33/h1-18,20,28,32,37-38H,19,21-23H2/t28-,32-/m0/s1. The van der Waals surface area contributed by atoms with Gasteiger partial charge in [-0.15, -0.1) is 0 Å². The summed E-state index contributed by atoms with van der Waals surface area (Å²) >= 11 is 6.17. The van der Waals surface area contributed by atoms with E-state index in [1.54, 1.807) is 18.3 Å². The van der Waals surface area contributed by atoms with Gasteiger partial charge in [0, 0.05) is 35.7 Å². The van der Waals surface area contributed by atoms with E-state index in [0.717, 1.165) is 39.1 Å². The normalized spacial score (nSPS) is 12.9. The number of pyridine rings is 1. The molecule has 198 valence electrons. The molecule has 5 rings (SSSR count). The number of fused-ring (bicyclic) bond motifs is 1. The van der Waals surface area contributed by atoms with Crippen LogP contribution >= 0.6 is 11.6 Å². The van der Waals surface area contributed by atoms with Crippen LogP contribution < -0.4 is 4.74 Å². The van der Waals surface area contributed by atoms with E-state index >= 15 is 0 Å². The van der Waals surface area contributed by atoms with Gasteiger partial charge in [0.2, 0.25) is 0 Å². The highest BCUT2D eigenvalue weighted by molar-refractivity contribution is 6.30. The molecule has 0 bridgehead atoms. The number of para-hydroxylation sites is 1. The molecule has 2 atom stereocenters. The van der Waals surface area contributed by atoms with Crippen LogP contribution in [0.2, 0.25) is 5.02 Å². The van der Waals surface area contributed by atoms with Gasteiger partial charge in [0.05, 0.1) is 18.2 Å². The Labute approximate surface area is 233 Å². The van der Waals surface area contributed by atoms with Gasteiger partial charge in [0.15, 0.2) is 0 Å². The third kappa shape index (κ3) is 7.02. The zero-order valence-corrected chi connectivity index (χ0v) is 22.3. The number of hydrogen-bond acceptors (Lipinski definition) is 5.